The molecule has 3 N–H and O–H groups in total. The molecule has 0 aliphatic carbocycles. The SMILES string of the molecule is CN(CCOCCO)c1c(Cl)cccc1CN. The van der Waals surface area contributed by atoms with Crippen molar-refractivity contribution < 1.29 is 9.84 Å². The van der Waals surface area contributed by atoms with Crippen LogP contribution in [-0.2, 0) is 11.3 Å². The van der Waals surface area contributed by atoms with E-state index in [1.54, 1.807) is 0 Å². The number of benzene rings is 1. The summed E-state index contributed by atoms with van der Waals surface area (Å²) in [5.41, 5.74) is 7.65. The first kappa shape index (κ1) is 14.3. The van der Waals surface area contributed by atoms with Crippen molar-refractivity contribution in [3.05, 3.63) is 28.8 Å². The lowest BCUT2D eigenvalue weighted by atomic mass is 10.1. The van der Waals surface area contributed by atoms with Crippen LogP contribution in [0.1, 0.15) is 5.56 Å². The highest BCUT2D eigenvalue weighted by molar-refractivity contribution is 6.33. The molecule has 4 nitrogen and oxygen atoms in total. The van der Waals surface area contributed by atoms with Crippen molar-refractivity contribution in [3.63, 3.8) is 0 Å². The number of hydrogen-bond donors (Lipinski definition) is 2. The summed E-state index contributed by atoms with van der Waals surface area (Å²) in [5, 5.41) is 9.29. The number of nitrogens with zero attached hydrogens (tertiary/aromatic N) is 1. The van der Waals surface area contributed by atoms with Gasteiger partial charge < -0.3 is 20.5 Å². The number of likely N-dealkylation sites (N-methyl/N-ethyl adjacent to an activating group) is 1. The van der Waals surface area contributed by atoms with Gasteiger partial charge in [-0.05, 0) is 11.6 Å². The van der Waals surface area contributed by atoms with Crippen molar-refractivity contribution in [2.45, 2.75) is 6.54 Å². The second-order valence-electron chi connectivity index (χ2n) is 3.71. The van der Waals surface area contributed by atoms with Gasteiger partial charge in [-0.2, -0.15) is 0 Å². The summed E-state index contributed by atoms with van der Waals surface area (Å²) >= 11 is 6.17. The molecule has 0 aromatic heterocycles. The number of nitrogens with two attached hydrogens (primary N) is 1. The van der Waals surface area contributed by atoms with Crippen LogP contribution in [0.5, 0.6) is 0 Å². The van der Waals surface area contributed by atoms with Gasteiger partial charge in [-0.1, -0.05) is 23.7 Å². The summed E-state index contributed by atoms with van der Waals surface area (Å²) in [6.07, 6.45) is 0. The zero-order valence-corrected chi connectivity index (χ0v) is 10.8. The van der Waals surface area contributed by atoms with Crippen molar-refractivity contribution in [1.82, 2.24) is 0 Å². The van der Waals surface area contributed by atoms with Crippen molar-refractivity contribution in [1.29, 1.82) is 0 Å². The molecule has 0 heterocycles. The van der Waals surface area contributed by atoms with E-state index < -0.39 is 0 Å². The molecule has 1 aromatic carbocycles. The molecule has 0 fully saturated rings. The predicted molar refractivity (Wildman–Crippen MR) is 70.5 cm³/mol. The summed E-state index contributed by atoms with van der Waals surface area (Å²) < 4.78 is 5.22. The van der Waals surface area contributed by atoms with E-state index in [-0.39, 0.29) is 6.61 Å². The molecular weight excluding hydrogens is 240 g/mol. The van der Waals surface area contributed by atoms with E-state index in [1.807, 2.05) is 30.1 Å². The lowest BCUT2D eigenvalue weighted by Gasteiger charge is -2.23. The molecule has 17 heavy (non-hydrogen) atoms. The molecule has 0 spiro atoms. The third-order valence-electron chi connectivity index (χ3n) is 2.48. The Balaban J connectivity index is 2.64. The van der Waals surface area contributed by atoms with Crippen molar-refractivity contribution >= 4 is 17.3 Å². The topological polar surface area (TPSA) is 58.7 Å². The smallest absolute Gasteiger partial charge is 0.0698 e. The number of aliphatic hydroxyl groups is 1. The number of anilines is 1. The van der Waals surface area contributed by atoms with E-state index in [0.717, 1.165) is 11.3 Å². The summed E-state index contributed by atoms with van der Waals surface area (Å²) in [4.78, 5) is 2.02. The minimum Gasteiger partial charge on any atom is -0.394 e. The molecule has 0 atom stereocenters. The lowest BCUT2D eigenvalue weighted by molar-refractivity contribution is 0.0971. The number of halogens is 1. The Kier molecular flexibility index (Phi) is 6.29. The van der Waals surface area contributed by atoms with E-state index in [2.05, 4.69) is 0 Å². The number of rotatable bonds is 7. The second-order valence-corrected chi connectivity index (χ2v) is 4.12. The van der Waals surface area contributed by atoms with Gasteiger partial charge in [0.05, 0.1) is 30.5 Å². The van der Waals surface area contributed by atoms with Gasteiger partial charge in [0.2, 0.25) is 0 Å². The van der Waals surface area contributed by atoms with E-state index in [1.165, 1.54) is 0 Å². The molecule has 0 radical (unpaired) electrons. The van der Waals surface area contributed by atoms with Gasteiger partial charge >= 0.3 is 0 Å². The molecule has 0 aliphatic heterocycles. The van der Waals surface area contributed by atoms with Crippen LogP contribution in [0.3, 0.4) is 0 Å². The Morgan fingerprint density at radius 3 is 2.82 bits per heavy atom. The Labute approximate surface area is 107 Å². The molecule has 1 rings (SSSR count). The largest absolute Gasteiger partial charge is 0.394 e. The predicted octanol–water partition coefficient (Wildman–Crippen LogP) is 1.24. The van der Waals surface area contributed by atoms with E-state index in [9.17, 15) is 0 Å². The zero-order chi connectivity index (χ0) is 12.7. The van der Waals surface area contributed by atoms with Crippen LogP contribution in [-0.4, -0.2) is 38.5 Å². The monoisotopic (exact) mass is 258 g/mol. The standard InChI is InChI=1S/C12H19ClN2O2/c1-15(5-7-17-8-6-16)12-10(9-14)3-2-4-11(12)13/h2-4,16H,5-9,14H2,1H3. The van der Waals surface area contributed by atoms with E-state index >= 15 is 0 Å². The maximum absolute atomic E-state index is 8.60. The molecule has 0 saturated carbocycles. The molecule has 0 amide bonds. The fraction of sp³-hybridized carbons (Fsp3) is 0.500. The highest BCUT2D eigenvalue weighted by atomic mass is 35.5. The minimum atomic E-state index is 0.0455. The van der Waals surface area contributed by atoms with Crippen LogP contribution in [0.15, 0.2) is 18.2 Å². The van der Waals surface area contributed by atoms with E-state index in [4.69, 9.17) is 27.2 Å². The van der Waals surface area contributed by atoms with Gasteiger partial charge in [-0.15, -0.1) is 0 Å². The number of para-hydroxylation sites is 1. The van der Waals surface area contributed by atoms with Crippen LogP contribution in [0.25, 0.3) is 0 Å². The minimum absolute atomic E-state index is 0.0455. The molecule has 0 bridgehead atoms. The average Bonchev–Trinajstić information content (AvgIpc) is 2.34. The van der Waals surface area contributed by atoms with Gasteiger partial charge in [-0.3, -0.25) is 0 Å². The Morgan fingerprint density at radius 2 is 2.18 bits per heavy atom. The van der Waals surface area contributed by atoms with Gasteiger partial charge in [0.1, 0.15) is 0 Å². The molecule has 0 saturated heterocycles. The van der Waals surface area contributed by atoms with Crippen molar-refractivity contribution in [3.8, 4) is 0 Å². The van der Waals surface area contributed by atoms with Crippen molar-refractivity contribution in [2.75, 3.05) is 38.3 Å². The summed E-state index contributed by atoms with van der Waals surface area (Å²) in [7, 11) is 1.95. The molecule has 5 heteroatoms. The van der Waals surface area contributed by atoms with Crippen LogP contribution in [0.2, 0.25) is 5.02 Å². The molecule has 96 valence electrons. The van der Waals surface area contributed by atoms with Gasteiger partial charge in [0, 0.05) is 20.1 Å². The van der Waals surface area contributed by atoms with E-state index in [0.29, 0.717) is 31.3 Å². The first-order valence-corrected chi connectivity index (χ1v) is 5.95. The van der Waals surface area contributed by atoms with Crippen LogP contribution < -0.4 is 10.6 Å². The maximum Gasteiger partial charge on any atom is 0.0698 e. The summed E-state index contributed by atoms with van der Waals surface area (Å²) in [6.45, 7) is 2.12. The van der Waals surface area contributed by atoms with Gasteiger partial charge in [0.15, 0.2) is 0 Å². The molecule has 0 aliphatic rings. The Hall–Kier alpha value is -0.810. The Morgan fingerprint density at radius 1 is 1.41 bits per heavy atom. The molecule has 0 unspecified atom stereocenters. The molecular formula is C12H19ClN2O2. The van der Waals surface area contributed by atoms with Gasteiger partial charge in [-0.25, -0.2) is 0 Å². The normalized spacial score (nSPS) is 10.6. The highest BCUT2D eigenvalue weighted by Gasteiger charge is 2.10. The number of aliphatic hydroxyl groups excluding tert-OH is 1. The highest BCUT2D eigenvalue weighted by Crippen LogP contribution is 2.28. The third-order valence-corrected chi connectivity index (χ3v) is 2.78. The number of hydrogen-bond acceptors (Lipinski definition) is 4. The average molecular weight is 259 g/mol. The maximum atomic E-state index is 8.60. The van der Waals surface area contributed by atoms with Crippen LogP contribution in [0.4, 0.5) is 5.69 Å². The third kappa shape index (κ3) is 4.16. The quantitative estimate of drug-likeness (QED) is 0.723. The second kappa shape index (κ2) is 7.50. The molecule has 1 aromatic rings. The Bertz CT molecular complexity index is 347. The van der Waals surface area contributed by atoms with Crippen LogP contribution in [0, 0.1) is 0 Å². The first-order chi connectivity index (χ1) is 8.20. The first-order valence-electron chi connectivity index (χ1n) is 5.58. The number of ether oxygens (including phenoxy) is 1. The fourth-order valence-corrected chi connectivity index (χ4v) is 1.97. The lowest BCUT2D eigenvalue weighted by Crippen LogP contribution is -2.25. The fourth-order valence-electron chi connectivity index (χ4n) is 1.63. The summed E-state index contributed by atoms with van der Waals surface area (Å²) in [5.74, 6) is 0. The van der Waals surface area contributed by atoms with Gasteiger partial charge in [0.25, 0.3) is 0 Å². The van der Waals surface area contributed by atoms with Crippen molar-refractivity contribution in [2.24, 2.45) is 5.73 Å². The van der Waals surface area contributed by atoms with Crippen LogP contribution >= 0.6 is 11.6 Å². The summed E-state index contributed by atoms with van der Waals surface area (Å²) in [6, 6.07) is 5.71. The zero-order valence-electron chi connectivity index (χ0n) is 10.0.